The second-order valence-corrected chi connectivity index (χ2v) is 6.04. The third-order valence-corrected chi connectivity index (χ3v) is 4.02. The molecule has 3 aromatic rings. The molecule has 0 bridgehead atoms. The Balaban J connectivity index is 1.66. The molecule has 0 radical (unpaired) electrons. The smallest absolute Gasteiger partial charge is 0.336 e. The van der Waals surface area contributed by atoms with E-state index in [0.717, 1.165) is 17.4 Å². The van der Waals surface area contributed by atoms with E-state index in [0.29, 0.717) is 24.4 Å². The van der Waals surface area contributed by atoms with Crippen molar-refractivity contribution in [2.45, 2.75) is 19.9 Å². The van der Waals surface area contributed by atoms with Crippen LogP contribution in [0.5, 0.6) is 5.75 Å². The van der Waals surface area contributed by atoms with Crippen molar-refractivity contribution in [2.75, 3.05) is 13.2 Å². The van der Waals surface area contributed by atoms with Crippen molar-refractivity contribution in [3.63, 3.8) is 0 Å². The Morgan fingerprint density at radius 3 is 2.62 bits per heavy atom. The SMILES string of the molecule is CCCN(Cc1ccccc1)C(=O)COc1ccc2ccc(=O)oc2c1. The molecule has 0 aliphatic heterocycles. The molecule has 0 fully saturated rings. The normalized spacial score (nSPS) is 10.7. The van der Waals surface area contributed by atoms with E-state index in [1.165, 1.54) is 6.07 Å². The maximum absolute atomic E-state index is 12.6. The van der Waals surface area contributed by atoms with E-state index in [2.05, 4.69) is 0 Å². The van der Waals surface area contributed by atoms with E-state index in [-0.39, 0.29) is 12.5 Å². The van der Waals surface area contributed by atoms with Gasteiger partial charge < -0.3 is 14.1 Å². The van der Waals surface area contributed by atoms with Crippen LogP contribution in [0, 0.1) is 0 Å². The maximum Gasteiger partial charge on any atom is 0.336 e. The first-order valence-corrected chi connectivity index (χ1v) is 8.64. The average Bonchev–Trinajstić information content (AvgIpc) is 2.66. The number of nitrogens with zero attached hydrogens (tertiary/aromatic N) is 1. The Morgan fingerprint density at radius 1 is 1.08 bits per heavy atom. The van der Waals surface area contributed by atoms with E-state index in [9.17, 15) is 9.59 Å². The standard InChI is InChI=1S/C21H21NO4/c1-2-12-22(14-16-6-4-3-5-7-16)20(23)15-25-18-10-8-17-9-11-21(24)26-19(17)13-18/h3-11,13H,2,12,14-15H2,1H3. The molecule has 0 unspecified atom stereocenters. The van der Waals surface area contributed by atoms with Crippen LogP contribution in [0.25, 0.3) is 11.0 Å². The number of carbonyl (C=O) groups excluding carboxylic acids is 1. The molecule has 1 aromatic heterocycles. The van der Waals surface area contributed by atoms with Gasteiger partial charge in [0.1, 0.15) is 11.3 Å². The molecule has 26 heavy (non-hydrogen) atoms. The van der Waals surface area contributed by atoms with E-state index in [1.54, 1.807) is 29.2 Å². The molecule has 3 rings (SSSR count). The first-order chi connectivity index (χ1) is 12.7. The van der Waals surface area contributed by atoms with Crippen molar-refractivity contribution in [1.82, 2.24) is 4.90 Å². The van der Waals surface area contributed by atoms with Crippen LogP contribution in [0.4, 0.5) is 0 Å². The van der Waals surface area contributed by atoms with Crippen molar-refractivity contribution in [3.8, 4) is 5.75 Å². The molecule has 2 aromatic carbocycles. The zero-order valence-corrected chi connectivity index (χ0v) is 14.7. The Morgan fingerprint density at radius 2 is 1.85 bits per heavy atom. The maximum atomic E-state index is 12.6. The predicted molar refractivity (Wildman–Crippen MR) is 100 cm³/mol. The summed E-state index contributed by atoms with van der Waals surface area (Å²) in [5.74, 6) is 0.418. The van der Waals surface area contributed by atoms with E-state index in [4.69, 9.17) is 9.15 Å². The first kappa shape index (κ1) is 17.7. The van der Waals surface area contributed by atoms with Gasteiger partial charge in [0, 0.05) is 30.6 Å². The lowest BCUT2D eigenvalue weighted by Crippen LogP contribution is -2.35. The zero-order valence-electron chi connectivity index (χ0n) is 14.7. The number of fused-ring (bicyclic) bond motifs is 1. The quantitative estimate of drug-likeness (QED) is 0.610. The van der Waals surface area contributed by atoms with Crippen molar-refractivity contribution in [1.29, 1.82) is 0 Å². The predicted octanol–water partition coefficient (Wildman–Crippen LogP) is 3.61. The van der Waals surface area contributed by atoms with Crippen molar-refractivity contribution >= 4 is 16.9 Å². The summed E-state index contributed by atoms with van der Waals surface area (Å²) in [6, 6.07) is 18.1. The largest absolute Gasteiger partial charge is 0.484 e. The molecule has 5 heteroatoms. The Hall–Kier alpha value is -3.08. The summed E-state index contributed by atoms with van der Waals surface area (Å²) in [7, 11) is 0. The Kier molecular flexibility index (Phi) is 5.69. The van der Waals surface area contributed by atoms with Gasteiger partial charge in [0.25, 0.3) is 5.91 Å². The van der Waals surface area contributed by atoms with Gasteiger partial charge in [-0.25, -0.2) is 4.79 Å². The molecule has 0 spiro atoms. The Bertz CT molecular complexity index is 933. The van der Waals surface area contributed by atoms with Gasteiger partial charge in [0.15, 0.2) is 6.61 Å². The third kappa shape index (κ3) is 4.51. The lowest BCUT2D eigenvalue weighted by Gasteiger charge is -2.22. The molecular weight excluding hydrogens is 330 g/mol. The molecule has 0 N–H and O–H groups in total. The highest BCUT2D eigenvalue weighted by Crippen LogP contribution is 2.19. The highest BCUT2D eigenvalue weighted by atomic mass is 16.5. The van der Waals surface area contributed by atoms with Crippen molar-refractivity contribution in [2.24, 2.45) is 0 Å². The monoisotopic (exact) mass is 351 g/mol. The minimum Gasteiger partial charge on any atom is -0.484 e. The van der Waals surface area contributed by atoms with E-state index in [1.807, 2.05) is 37.3 Å². The summed E-state index contributed by atoms with van der Waals surface area (Å²) < 4.78 is 10.8. The molecule has 1 heterocycles. The van der Waals surface area contributed by atoms with Crippen LogP contribution in [0.15, 0.2) is 69.9 Å². The van der Waals surface area contributed by atoms with Gasteiger partial charge >= 0.3 is 5.63 Å². The first-order valence-electron chi connectivity index (χ1n) is 8.64. The minimum absolute atomic E-state index is 0.0601. The number of hydrogen-bond donors (Lipinski definition) is 0. The van der Waals surface area contributed by atoms with E-state index < -0.39 is 5.63 Å². The second-order valence-electron chi connectivity index (χ2n) is 6.04. The van der Waals surface area contributed by atoms with Crippen LogP contribution in [0.1, 0.15) is 18.9 Å². The molecular formula is C21H21NO4. The van der Waals surface area contributed by atoms with E-state index >= 15 is 0 Å². The number of benzene rings is 2. The summed E-state index contributed by atoms with van der Waals surface area (Å²) in [5, 5.41) is 0.806. The molecule has 1 amide bonds. The number of ether oxygens (including phenoxy) is 1. The van der Waals surface area contributed by atoms with Crippen LogP contribution < -0.4 is 10.4 Å². The number of carbonyl (C=O) groups is 1. The molecule has 134 valence electrons. The third-order valence-electron chi connectivity index (χ3n) is 4.02. The highest BCUT2D eigenvalue weighted by Gasteiger charge is 2.14. The molecule has 0 saturated heterocycles. The zero-order chi connectivity index (χ0) is 18.4. The fourth-order valence-corrected chi connectivity index (χ4v) is 2.73. The summed E-state index contributed by atoms with van der Waals surface area (Å²) >= 11 is 0. The topological polar surface area (TPSA) is 59.8 Å². The number of rotatable bonds is 7. The van der Waals surface area contributed by atoms with Gasteiger partial charge in [-0.3, -0.25) is 4.79 Å². The fourth-order valence-electron chi connectivity index (χ4n) is 2.73. The second kappa shape index (κ2) is 8.34. The highest BCUT2D eigenvalue weighted by molar-refractivity contribution is 5.79. The summed E-state index contributed by atoms with van der Waals surface area (Å²) in [6.07, 6.45) is 0.875. The minimum atomic E-state index is -0.414. The Labute approximate surface area is 151 Å². The van der Waals surface area contributed by atoms with Gasteiger partial charge in [-0.05, 0) is 30.2 Å². The lowest BCUT2D eigenvalue weighted by molar-refractivity contribution is -0.134. The van der Waals surface area contributed by atoms with Crippen LogP contribution in [0.3, 0.4) is 0 Å². The summed E-state index contributed by atoms with van der Waals surface area (Å²) in [5.41, 5.74) is 1.11. The van der Waals surface area contributed by atoms with Gasteiger partial charge in [0.2, 0.25) is 0 Å². The number of amides is 1. The molecule has 0 atom stereocenters. The van der Waals surface area contributed by atoms with Gasteiger partial charge in [0.05, 0.1) is 0 Å². The van der Waals surface area contributed by atoms with Crippen molar-refractivity contribution < 1.29 is 13.9 Å². The molecule has 0 aliphatic carbocycles. The van der Waals surface area contributed by atoms with Crippen LogP contribution >= 0.6 is 0 Å². The molecule has 0 aliphatic rings. The van der Waals surface area contributed by atoms with Crippen LogP contribution in [-0.4, -0.2) is 24.0 Å². The van der Waals surface area contributed by atoms with Gasteiger partial charge in [-0.2, -0.15) is 0 Å². The molecule has 5 nitrogen and oxygen atoms in total. The summed E-state index contributed by atoms with van der Waals surface area (Å²) in [6.45, 7) is 3.21. The van der Waals surface area contributed by atoms with Gasteiger partial charge in [-0.15, -0.1) is 0 Å². The van der Waals surface area contributed by atoms with Crippen molar-refractivity contribution in [3.05, 3.63) is 76.6 Å². The van der Waals surface area contributed by atoms with Gasteiger partial charge in [-0.1, -0.05) is 37.3 Å². The fraction of sp³-hybridized carbons (Fsp3) is 0.238. The summed E-state index contributed by atoms with van der Waals surface area (Å²) in [4.78, 5) is 25.7. The average molecular weight is 351 g/mol. The number of hydrogen-bond acceptors (Lipinski definition) is 4. The van der Waals surface area contributed by atoms with Crippen LogP contribution in [-0.2, 0) is 11.3 Å². The molecule has 0 saturated carbocycles. The van der Waals surface area contributed by atoms with Crippen LogP contribution in [0.2, 0.25) is 0 Å². The lowest BCUT2D eigenvalue weighted by atomic mass is 10.2.